The molecule has 0 bridgehead atoms. The van der Waals surface area contributed by atoms with Gasteiger partial charge in [0.15, 0.2) is 5.69 Å². The Balaban J connectivity index is 1.85. The number of benzene rings is 1. The molecule has 3 rings (SSSR count). The van der Waals surface area contributed by atoms with E-state index < -0.39 is 11.9 Å². The molecular weight excluding hydrogens is 320 g/mol. The van der Waals surface area contributed by atoms with E-state index in [4.69, 9.17) is 0 Å². The van der Waals surface area contributed by atoms with Gasteiger partial charge >= 0.3 is 5.97 Å². The second kappa shape index (κ2) is 6.66. The zero-order chi connectivity index (χ0) is 18.1. The molecule has 1 N–H and O–H groups in total. The third-order valence-electron chi connectivity index (χ3n) is 4.67. The fraction of sp³-hybridized carbons (Fsp3) is 0.444. The van der Waals surface area contributed by atoms with Crippen molar-refractivity contribution in [2.75, 3.05) is 13.1 Å². The minimum Gasteiger partial charge on any atom is -0.481 e. The molecule has 1 amide bonds. The van der Waals surface area contributed by atoms with E-state index in [-0.39, 0.29) is 24.1 Å². The van der Waals surface area contributed by atoms with Crippen LogP contribution in [-0.4, -0.2) is 50.0 Å². The van der Waals surface area contributed by atoms with Gasteiger partial charge < -0.3 is 10.0 Å². The largest absolute Gasteiger partial charge is 0.481 e. The number of carboxylic acids is 1. The first-order valence-electron chi connectivity index (χ1n) is 8.38. The van der Waals surface area contributed by atoms with Crippen LogP contribution in [0, 0.1) is 25.7 Å². The number of piperidine rings is 1. The number of carbonyl (C=O) groups excluding carboxylic acids is 1. The van der Waals surface area contributed by atoms with Gasteiger partial charge in [0, 0.05) is 13.1 Å². The van der Waals surface area contributed by atoms with E-state index in [2.05, 4.69) is 10.3 Å². The Morgan fingerprint density at radius 2 is 1.84 bits per heavy atom. The zero-order valence-corrected chi connectivity index (χ0v) is 14.6. The van der Waals surface area contributed by atoms with Crippen LogP contribution in [0.15, 0.2) is 24.3 Å². The van der Waals surface area contributed by atoms with Crippen LogP contribution in [-0.2, 0) is 4.79 Å². The highest BCUT2D eigenvalue weighted by Gasteiger charge is 2.34. The van der Waals surface area contributed by atoms with Crippen molar-refractivity contribution in [1.82, 2.24) is 19.9 Å². The molecule has 1 fully saturated rings. The Bertz CT molecular complexity index is 797. The third kappa shape index (κ3) is 3.40. The maximum atomic E-state index is 12.9. The number of rotatable bonds is 3. The molecular formula is C18H22N4O3. The number of hydrogen-bond donors (Lipinski definition) is 1. The van der Waals surface area contributed by atoms with Gasteiger partial charge in [-0.3, -0.25) is 9.59 Å². The summed E-state index contributed by atoms with van der Waals surface area (Å²) < 4.78 is 1.63. The Labute approximate surface area is 146 Å². The average molecular weight is 342 g/mol. The predicted octanol–water partition coefficient (Wildman–Crippen LogP) is 2.07. The number of aliphatic carboxylic acids is 1. The van der Waals surface area contributed by atoms with Crippen LogP contribution >= 0.6 is 0 Å². The van der Waals surface area contributed by atoms with Crippen molar-refractivity contribution in [2.45, 2.75) is 27.2 Å². The van der Waals surface area contributed by atoms with E-state index in [1.54, 1.807) is 16.5 Å². The van der Waals surface area contributed by atoms with Gasteiger partial charge in [-0.15, -0.1) is 5.10 Å². The SMILES string of the molecule is Cc1ccc(-n2nnc(C(=O)N3CC(C)CC(C(=O)O)C3)c2C)cc1. The van der Waals surface area contributed by atoms with Gasteiger partial charge in [0.05, 0.1) is 17.3 Å². The zero-order valence-electron chi connectivity index (χ0n) is 14.6. The van der Waals surface area contributed by atoms with Crippen molar-refractivity contribution in [3.8, 4) is 5.69 Å². The normalized spacial score (nSPS) is 20.5. The third-order valence-corrected chi connectivity index (χ3v) is 4.67. The summed E-state index contributed by atoms with van der Waals surface area (Å²) in [4.78, 5) is 25.8. The van der Waals surface area contributed by atoms with Crippen LogP contribution in [0.4, 0.5) is 0 Å². The molecule has 2 aromatic rings. The summed E-state index contributed by atoms with van der Waals surface area (Å²) >= 11 is 0. The molecule has 1 aliphatic heterocycles. The summed E-state index contributed by atoms with van der Waals surface area (Å²) in [6.45, 7) is 6.53. The molecule has 1 saturated heterocycles. The van der Waals surface area contributed by atoms with Crippen LogP contribution < -0.4 is 0 Å². The smallest absolute Gasteiger partial charge is 0.308 e. The summed E-state index contributed by atoms with van der Waals surface area (Å²) in [5, 5.41) is 17.5. The first kappa shape index (κ1) is 17.1. The highest BCUT2D eigenvalue weighted by Crippen LogP contribution is 2.24. The molecule has 2 heterocycles. The van der Waals surface area contributed by atoms with E-state index in [9.17, 15) is 14.7 Å². The van der Waals surface area contributed by atoms with E-state index in [1.807, 2.05) is 38.1 Å². The lowest BCUT2D eigenvalue weighted by Gasteiger charge is -2.34. The second-order valence-electron chi connectivity index (χ2n) is 6.86. The average Bonchev–Trinajstić information content (AvgIpc) is 2.96. The van der Waals surface area contributed by atoms with Crippen LogP contribution in [0.2, 0.25) is 0 Å². The number of amides is 1. The number of carbonyl (C=O) groups is 2. The molecule has 1 aliphatic rings. The molecule has 1 aromatic carbocycles. The van der Waals surface area contributed by atoms with E-state index >= 15 is 0 Å². The summed E-state index contributed by atoms with van der Waals surface area (Å²) in [5.41, 5.74) is 2.91. The van der Waals surface area contributed by atoms with Gasteiger partial charge in [-0.05, 0) is 38.3 Å². The molecule has 0 spiro atoms. The van der Waals surface area contributed by atoms with Crippen molar-refractivity contribution >= 4 is 11.9 Å². The summed E-state index contributed by atoms with van der Waals surface area (Å²) in [7, 11) is 0. The lowest BCUT2D eigenvalue weighted by Crippen LogP contribution is -2.45. The number of aryl methyl sites for hydroxylation is 1. The topological polar surface area (TPSA) is 88.3 Å². The Hall–Kier alpha value is -2.70. The van der Waals surface area contributed by atoms with Gasteiger partial charge in [0.1, 0.15) is 0 Å². The lowest BCUT2D eigenvalue weighted by molar-refractivity contribution is -0.143. The van der Waals surface area contributed by atoms with Gasteiger partial charge in [0.2, 0.25) is 0 Å². The summed E-state index contributed by atoms with van der Waals surface area (Å²) in [6, 6.07) is 7.80. The minimum absolute atomic E-state index is 0.145. The van der Waals surface area contributed by atoms with Gasteiger partial charge in [-0.25, -0.2) is 4.68 Å². The van der Waals surface area contributed by atoms with E-state index in [0.29, 0.717) is 18.7 Å². The maximum Gasteiger partial charge on any atom is 0.308 e. The molecule has 0 aliphatic carbocycles. The van der Waals surface area contributed by atoms with Crippen LogP contribution in [0.25, 0.3) is 5.69 Å². The van der Waals surface area contributed by atoms with Crippen molar-refractivity contribution in [3.05, 3.63) is 41.2 Å². The maximum absolute atomic E-state index is 12.9. The predicted molar refractivity (Wildman–Crippen MR) is 91.6 cm³/mol. The number of hydrogen-bond acceptors (Lipinski definition) is 4. The molecule has 132 valence electrons. The Morgan fingerprint density at radius 3 is 2.48 bits per heavy atom. The summed E-state index contributed by atoms with van der Waals surface area (Å²) in [6.07, 6.45) is 0.591. The first-order valence-corrected chi connectivity index (χ1v) is 8.38. The van der Waals surface area contributed by atoms with Crippen molar-refractivity contribution in [2.24, 2.45) is 11.8 Å². The van der Waals surface area contributed by atoms with E-state index in [1.165, 1.54) is 0 Å². The van der Waals surface area contributed by atoms with Crippen LogP contribution in [0.1, 0.15) is 35.1 Å². The molecule has 2 unspecified atom stereocenters. The molecule has 0 saturated carbocycles. The van der Waals surface area contributed by atoms with Gasteiger partial charge in [-0.2, -0.15) is 0 Å². The Kier molecular flexibility index (Phi) is 4.57. The standard InChI is InChI=1S/C18H22N4O3/c1-11-4-6-15(7-5-11)22-13(3)16(19-20-22)17(23)21-9-12(2)8-14(10-21)18(24)25/h4-7,12,14H,8-10H2,1-3H3,(H,24,25). The number of likely N-dealkylation sites (tertiary alicyclic amines) is 1. The first-order chi connectivity index (χ1) is 11.9. The minimum atomic E-state index is -0.857. The number of carboxylic acid groups (broad SMARTS) is 1. The summed E-state index contributed by atoms with van der Waals surface area (Å²) in [5.74, 6) is -1.50. The molecule has 7 nitrogen and oxygen atoms in total. The van der Waals surface area contributed by atoms with Gasteiger partial charge in [0.25, 0.3) is 5.91 Å². The lowest BCUT2D eigenvalue weighted by atomic mass is 9.90. The molecule has 0 radical (unpaired) electrons. The second-order valence-corrected chi connectivity index (χ2v) is 6.86. The quantitative estimate of drug-likeness (QED) is 0.922. The molecule has 1 aromatic heterocycles. The number of aromatic nitrogens is 3. The highest BCUT2D eigenvalue weighted by atomic mass is 16.4. The van der Waals surface area contributed by atoms with E-state index in [0.717, 1.165) is 11.3 Å². The Morgan fingerprint density at radius 1 is 1.16 bits per heavy atom. The fourth-order valence-corrected chi connectivity index (χ4v) is 3.30. The van der Waals surface area contributed by atoms with Crippen molar-refractivity contribution in [3.63, 3.8) is 0 Å². The van der Waals surface area contributed by atoms with Crippen molar-refractivity contribution in [1.29, 1.82) is 0 Å². The monoisotopic (exact) mass is 342 g/mol. The molecule has 2 atom stereocenters. The van der Waals surface area contributed by atoms with Crippen molar-refractivity contribution < 1.29 is 14.7 Å². The highest BCUT2D eigenvalue weighted by molar-refractivity contribution is 5.93. The van der Waals surface area contributed by atoms with Crippen LogP contribution in [0.5, 0.6) is 0 Å². The molecule has 7 heteroatoms. The number of nitrogens with zero attached hydrogens (tertiary/aromatic N) is 4. The van der Waals surface area contributed by atoms with Gasteiger partial charge in [-0.1, -0.05) is 29.8 Å². The fourth-order valence-electron chi connectivity index (χ4n) is 3.30. The molecule has 25 heavy (non-hydrogen) atoms. The van der Waals surface area contributed by atoms with Crippen LogP contribution in [0.3, 0.4) is 0 Å².